The summed E-state index contributed by atoms with van der Waals surface area (Å²) >= 11 is 0. The minimum atomic E-state index is -0.216. The van der Waals surface area contributed by atoms with E-state index in [1.54, 1.807) is 29.1 Å². The van der Waals surface area contributed by atoms with Crippen molar-refractivity contribution in [3.8, 4) is 11.5 Å². The molecular formula is C18H25N3O3. The molecule has 0 fully saturated rings. The van der Waals surface area contributed by atoms with E-state index in [-0.39, 0.29) is 12.5 Å². The van der Waals surface area contributed by atoms with Gasteiger partial charge >= 0.3 is 0 Å². The molecule has 0 radical (unpaired) electrons. The zero-order chi connectivity index (χ0) is 17.4. The van der Waals surface area contributed by atoms with Gasteiger partial charge in [-0.05, 0) is 36.6 Å². The van der Waals surface area contributed by atoms with E-state index in [0.717, 1.165) is 18.7 Å². The summed E-state index contributed by atoms with van der Waals surface area (Å²) in [6.45, 7) is 7.65. The SMILES string of the molecule is CCCOc1ccc(OCC(=O)Nc2ccnn2CC(C)C)cc1. The Bertz CT molecular complexity index is 635. The van der Waals surface area contributed by atoms with Gasteiger partial charge in [-0.15, -0.1) is 0 Å². The maximum absolute atomic E-state index is 12.0. The number of hydrogen-bond donors (Lipinski definition) is 1. The van der Waals surface area contributed by atoms with E-state index < -0.39 is 0 Å². The molecule has 2 aromatic rings. The molecule has 0 bridgehead atoms. The molecule has 0 aliphatic rings. The first-order valence-corrected chi connectivity index (χ1v) is 8.25. The summed E-state index contributed by atoms with van der Waals surface area (Å²) in [7, 11) is 0. The van der Waals surface area contributed by atoms with Crippen molar-refractivity contribution in [2.75, 3.05) is 18.5 Å². The van der Waals surface area contributed by atoms with E-state index in [2.05, 4.69) is 31.2 Å². The fourth-order valence-corrected chi connectivity index (χ4v) is 2.11. The lowest BCUT2D eigenvalue weighted by molar-refractivity contribution is -0.118. The number of rotatable bonds is 9. The van der Waals surface area contributed by atoms with Crippen LogP contribution in [0.2, 0.25) is 0 Å². The number of nitrogens with zero attached hydrogens (tertiary/aromatic N) is 2. The van der Waals surface area contributed by atoms with Gasteiger partial charge in [0.2, 0.25) is 0 Å². The average Bonchev–Trinajstić information content (AvgIpc) is 2.98. The van der Waals surface area contributed by atoms with Crippen LogP contribution in [-0.4, -0.2) is 28.9 Å². The van der Waals surface area contributed by atoms with Crippen molar-refractivity contribution in [3.63, 3.8) is 0 Å². The molecule has 6 heteroatoms. The number of hydrogen-bond acceptors (Lipinski definition) is 4. The van der Waals surface area contributed by atoms with Gasteiger partial charge in [0.05, 0.1) is 12.8 Å². The van der Waals surface area contributed by atoms with Crippen molar-refractivity contribution in [1.29, 1.82) is 0 Å². The summed E-state index contributed by atoms with van der Waals surface area (Å²) in [5.41, 5.74) is 0. The molecule has 1 amide bonds. The first kappa shape index (κ1) is 17.8. The van der Waals surface area contributed by atoms with E-state index in [1.807, 2.05) is 12.1 Å². The quantitative estimate of drug-likeness (QED) is 0.765. The molecule has 0 aliphatic heterocycles. The first-order valence-electron chi connectivity index (χ1n) is 8.25. The highest BCUT2D eigenvalue weighted by Gasteiger charge is 2.09. The molecule has 0 spiro atoms. The van der Waals surface area contributed by atoms with Crippen LogP contribution in [0.3, 0.4) is 0 Å². The van der Waals surface area contributed by atoms with Crippen molar-refractivity contribution in [1.82, 2.24) is 9.78 Å². The Hall–Kier alpha value is -2.50. The number of benzene rings is 1. The van der Waals surface area contributed by atoms with Gasteiger partial charge in [-0.2, -0.15) is 5.10 Å². The molecule has 1 aromatic heterocycles. The fourth-order valence-electron chi connectivity index (χ4n) is 2.11. The number of nitrogens with one attached hydrogen (secondary N) is 1. The number of carbonyl (C=O) groups excluding carboxylic acids is 1. The summed E-state index contributed by atoms with van der Waals surface area (Å²) < 4.78 is 12.8. The largest absolute Gasteiger partial charge is 0.494 e. The molecule has 1 aromatic carbocycles. The molecule has 2 rings (SSSR count). The second-order valence-electron chi connectivity index (χ2n) is 5.95. The predicted molar refractivity (Wildman–Crippen MR) is 93.4 cm³/mol. The van der Waals surface area contributed by atoms with Crippen LogP contribution in [0.4, 0.5) is 5.82 Å². The fraction of sp³-hybridized carbons (Fsp3) is 0.444. The van der Waals surface area contributed by atoms with Crippen LogP contribution in [0.25, 0.3) is 0 Å². The molecule has 24 heavy (non-hydrogen) atoms. The minimum absolute atomic E-state index is 0.0535. The molecule has 130 valence electrons. The lowest BCUT2D eigenvalue weighted by Crippen LogP contribution is -2.22. The van der Waals surface area contributed by atoms with Crippen LogP contribution in [0.15, 0.2) is 36.5 Å². The highest BCUT2D eigenvalue weighted by molar-refractivity contribution is 5.91. The van der Waals surface area contributed by atoms with Crippen LogP contribution in [-0.2, 0) is 11.3 Å². The number of anilines is 1. The topological polar surface area (TPSA) is 65.4 Å². The van der Waals surface area contributed by atoms with Crippen molar-refractivity contribution in [2.45, 2.75) is 33.7 Å². The van der Waals surface area contributed by atoms with Crippen molar-refractivity contribution >= 4 is 11.7 Å². The Morgan fingerprint density at radius 2 is 1.83 bits per heavy atom. The summed E-state index contributed by atoms with van der Waals surface area (Å²) in [4.78, 5) is 12.0. The maximum atomic E-state index is 12.0. The van der Waals surface area contributed by atoms with Gasteiger partial charge in [-0.3, -0.25) is 4.79 Å². The van der Waals surface area contributed by atoms with Crippen LogP contribution in [0.5, 0.6) is 11.5 Å². The smallest absolute Gasteiger partial charge is 0.263 e. The number of ether oxygens (including phenoxy) is 2. The van der Waals surface area contributed by atoms with Gasteiger partial charge in [0, 0.05) is 12.6 Å². The maximum Gasteiger partial charge on any atom is 0.263 e. The molecule has 1 N–H and O–H groups in total. The van der Waals surface area contributed by atoms with Gasteiger partial charge < -0.3 is 14.8 Å². The van der Waals surface area contributed by atoms with Crippen molar-refractivity contribution in [2.24, 2.45) is 5.92 Å². The first-order chi connectivity index (χ1) is 11.6. The average molecular weight is 331 g/mol. The van der Waals surface area contributed by atoms with Gasteiger partial charge in [-0.1, -0.05) is 20.8 Å². The Kier molecular flexibility index (Phi) is 6.66. The van der Waals surface area contributed by atoms with Crippen LogP contribution >= 0.6 is 0 Å². The second kappa shape index (κ2) is 8.96. The third kappa shape index (κ3) is 5.61. The summed E-state index contributed by atoms with van der Waals surface area (Å²) in [6.07, 6.45) is 2.64. The van der Waals surface area contributed by atoms with E-state index >= 15 is 0 Å². The van der Waals surface area contributed by atoms with Gasteiger partial charge in [-0.25, -0.2) is 4.68 Å². The normalized spacial score (nSPS) is 10.7. The van der Waals surface area contributed by atoms with Crippen LogP contribution in [0.1, 0.15) is 27.2 Å². The Labute approximate surface area is 142 Å². The molecule has 0 unspecified atom stereocenters. The molecular weight excluding hydrogens is 306 g/mol. The Morgan fingerprint density at radius 1 is 1.17 bits per heavy atom. The van der Waals surface area contributed by atoms with E-state index in [1.165, 1.54) is 0 Å². The minimum Gasteiger partial charge on any atom is -0.494 e. The third-order valence-electron chi connectivity index (χ3n) is 3.19. The summed E-state index contributed by atoms with van der Waals surface area (Å²) in [5.74, 6) is 2.34. The summed E-state index contributed by atoms with van der Waals surface area (Å²) in [5, 5.41) is 7.03. The van der Waals surface area contributed by atoms with E-state index in [0.29, 0.717) is 24.1 Å². The number of carbonyl (C=O) groups is 1. The Morgan fingerprint density at radius 3 is 2.46 bits per heavy atom. The Balaban J connectivity index is 1.82. The van der Waals surface area contributed by atoms with E-state index in [4.69, 9.17) is 9.47 Å². The zero-order valence-corrected chi connectivity index (χ0v) is 14.5. The van der Waals surface area contributed by atoms with Crippen LogP contribution in [0, 0.1) is 5.92 Å². The van der Waals surface area contributed by atoms with Gasteiger partial charge in [0.25, 0.3) is 5.91 Å². The highest BCUT2D eigenvalue weighted by Crippen LogP contribution is 2.18. The molecule has 6 nitrogen and oxygen atoms in total. The van der Waals surface area contributed by atoms with Gasteiger partial charge in [0.1, 0.15) is 17.3 Å². The molecule has 1 heterocycles. The molecule has 0 saturated carbocycles. The van der Waals surface area contributed by atoms with E-state index in [9.17, 15) is 4.79 Å². The molecule has 0 saturated heterocycles. The lowest BCUT2D eigenvalue weighted by atomic mass is 10.2. The monoisotopic (exact) mass is 331 g/mol. The van der Waals surface area contributed by atoms with Crippen molar-refractivity contribution < 1.29 is 14.3 Å². The standard InChI is InChI=1S/C18H25N3O3/c1-4-11-23-15-5-7-16(8-6-15)24-13-18(22)20-17-9-10-19-21(17)12-14(2)3/h5-10,14H,4,11-13H2,1-3H3,(H,20,22). The number of aromatic nitrogens is 2. The second-order valence-corrected chi connectivity index (χ2v) is 5.95. The van der Waals surface area contributed by atoms with Crippen LogP contribution < -0.4 is 14.8 Å². The molecule has 0 aliphatic carbocycles. The van der Waals surface area contributed by atoms with Gasteiger partial charge in [0.15, 0.2) is 6.61 Å². The van der Waals surface area contributed by atoms with Crippen molar-refractivity contribution in [3.05, 3.63) is 36.5 Å². The predicted octanol–water partition coefficient (Wildman–Crippen LogP) is 3.35. The highest BCUT2D eigenvalue weighted by atomic mass is 16.5. The molecule has 0 atom stereocenters. The lowest BCUT2D eigenvalue weighted by Gasteiger charge is -2.11. The third-order valence-corrected chi connectivity index (χ3v) is 3.19. The summed E-state index contributed by atoms with van der Waals surface area (Å²) in [6, 6.07) is 9.03. The number of amides is 1. The zero-order valence-electron chi connectivity index (χ0n) is 14.5.